The second kappa shape index (κ2) is 7.54. The van der Waals surface area contributed by atoms with Gasteiger partial charge in [0.25, 0.3) is 5.91 Å². The quantitative estimate of drug-likeness (QED) is 0.734. The Kier molecular flexibility index (Phi) is 4.94. The molecule has 0 saturated carbocycles. The van der Waals surface area contributed by atoms with Gasteiger partial charge in [0.15, 0.2) is 0 Å². The molecule has 6 nitrogen and oxygen atoms in total. The van der Waals surface area contributed by atoms with Gasteiger partial charge < -0.3 is 10.6 Å². The highest BCUT2D eigenvalue weighted by molar-refractivity contribution is 6.08. The first-order valence-corrected chi connectivity index (χ1v) is 9.82. The van der Waals surface area contributed by atoms with Crippen LogP contribution in [0.1, 0.15) is 47.2 Å². The van der Waals surface area contributed by atoms with Gasteiger partial charge in [0, 0.05) is 36.4 Å². The van der Waals surface area contributed by atoms with Gasteiger partial charge in [-0.3, -0.25) is 4.79 Å². The zero-order valence-corrected chi connectivity index (χ0v) is 16.4. The van der Waals surface area contributed by atoms with Crippen molar-refractivity contribution in [2.45, 2.75) is 39.5 Å². The van der Waals surface area contributed by atoms with E-state index < -0.39 is 0 Å². The molecule has 0 bridgehead atoms. The number of amides is 1. The third-order valence-corrected chi connectivity index (χ3v) is 5.34. The summed E-state index contributed by atoms with van der Waals surface area (Å²) in [5, 5.41) is 0.909. The monoisotopic (exact) mass is 375 g/mol. The maximum Gasteiger partial charge on any atom is 0.254 e. The van der Waals surface area contributed by atoms with Crippen LogP contribution in [0.3, 0.4) is 0 Å². The highest BCUT2D eigenvalue weighted by Gasteiger charge is 2.22. The summed E-state index contributed by atoms with van der Waals surface area (Å²) in [4.78, 5) is 28.5. The van der Waals surface area contributed by atoms with Crippen LogP contribution < -0.4 is 5.73 Å². The van der Waals surface area contributed by atoms with Crippen molar-refractivity contribution in [3.8, 4) is 11.3 Å². The van der Waals surface area contributed by atoms with Crippen LogP contribution in [0.5, 0.6) is 0 Å². The first-order chi connectivity index (χ1) is 13.5. The number of nitrogens with two attached hydrogens (primary N) is 1. The minimum absolute atomic E-state index is 0.0805. The van der Waals surface area contributed by atoms with E-state index in [1.807, 2.05) is 24.8 Å². The third kappa shape index (κ3) is 3.54. The van der Waals surface area contributed by atoms with E-state index in [0.29, 0.717) is 11.3 Å². The van der Waals surface area contributed by atoms with Crippen molar-refractivity contribution in [2.24, 2.45) is 0 Å². The molecular formula is C22H25N5O. The van der Waals surface area contributed by atoms with E-state index in [1.54, 1.807) is 12.4 Å². The van der Waals surface area contributed by atoms with E-state index in [9.17, 15) is 4.79 Å². The van der Waals surface area contributed by atoms with Crippen molar-refractivity contribution in [3.63, 3.8) is 0 Å². The molecule has 6 heteroatoms. The summed E-state index contributed by atoms with van der Waals surface area (Å²) < 4.78 is 0. The predicted octanol–water partition coefficient (Wildman–Crippen LogP) is 3.91. The maximum absolute atomic E-state index is 13.5. The number of hydrogen-bond donors (Lipinski definition) is 1. The fourth-order valence-corrected chi connectivity index (χ4v) is 3.92. The summed E-state index contributed by atoms with van der Waals surface area (Å²) >= 11 is 0. The van der Waals surface area contributed by atoms with E-state index in [4.69, 9.17) is 10.7 Å². The second-order valence-corrected chi connectivity index (χ2v) is 7.57. The fourth-order valence-electron chi connectivity index (χ4n) is 3.92. The first kappa shape index (κ1) is 18.3. The molecule has 0 spiro atoms. The van der Waals surface area contributed by atoms with Crippen LogP contribution in [-0.4, -0.2) is 38.8 Å². The molecule has 144 valence electrons. The van der Waals surface area contributed by atoms with Crippen molar-refractivity contribution in [1.29, 1.82) is 0 Å². The van der Waals surface area contributed by atoms with Crippen molar-refractivity contribution >= 4 is 22.8 Å². The molecule has 3 heterocycles. The van der Waals surface area contributed by atoms with Crippen LogP contribution in [-0.2, 0) is 0 Å². The summed E-state index contributed by atoms with van der Waals surface area (Å²) in [6.45, 7) is 5.71. The standard InChI is InChI=1S/C22H25N5O/c1-14-9-15(2)20-17(10-14)18(21(28)27-7-5-3-4-6-8-27)11-19(26-20)16-12-24-22(23)25-13-16/h9-13H,3-8H2,1-2H3,(H2,23,24,25). The molecule has 4 rings (SSSR count). The lowest BCUT2D eigenvalue weighted by Crippen LogP contribution is -2.32. The zero-order chi connectivity index (χ0) is 19.7. The lowest BCUT2D eigenvalue weighted by atomic mass is 9.99. The van der Waals surface area contributed by atoms with E-state index in [-0.39, 0.29) is 11.9 Å². The number of aromatic nitrogens is 3. The number of benzene rings is 1. The normalized spacial score (nSPS) is 14.9. The molecule has 1 amide bonds. The molecule has 0 atom stereocenters. The molecule has 28 heavy (non-hydrogen) atoms. The molecule has 0 unspecified atom stereocenters. The van der Waals surface area contributed by atoms with Crippen molar-refractivity contribution in [3.05, 3.63) is 47.3 Å². The number of carbonyl (C=O) groups excluding carboxylic acids is 1. The Balaban J connectivity index is 1.89. The lowest BCUT2D eigenvalue weighted by molar-refractivity contribution is 0.0763. The molecule has 1 aliphatic heterocycles. The number of carbonyl (C=O) groups is 1. The predicted molar refractivity (Wildman–Crippen MR) is 111 cm³/mol. The van der Waals surface area contributed by atoms with Crippen LogP contribution in [0.2, 0.25) is 0 Å². The van der Waals surface area contributed by atoms with E-state index >= 15 is 0 Å². The van der Waals surface area contributed by atoms with Gasteiger partial charge >= 0.3 is 0 Å². The Morgan fingerprint density at radius 1 is 1.00 bits per heavy atom. The van der Waals surface area contributed by atoms with Crippen LogP contribution in [0.15, 0.2) is 30.6 Å². The Hall–Kier alpha value is -3.02. The van der Waals surface area contributed by atoms with Gasteiger partial charge in [0.05, 0.1) is 16.8 Å². The number of pyridine rings is 1. The van der Waals surface area contributed by atoms with E-state index in [0.717, 1.165) is 53.5 Å². The molecule has 2 aromatic heterocycles. The Labute approximate surface area is 164 Å². The van der Waals surface area contributed by atoms with Gasteiger partial charge in [-0.25, -0.2) is 15.0 Å². The Bertz CT molecular complexity index is 1020. The van der Waals surface area contributed by atoms with Crippen molar-refractivity contribution in [2.75, 3.05) is 18.8 Å². The number of nitrogen functional groups attached to an aromatic ring is 1. The minimum atomic E-state index is 0.0805. The number of likely N-dealkylation sites (tertiary alicyclic amines) is 1. The highest BCUT2D eigenvalue weighted by Crippen LogP contribution is 2.29. The summed E-state index contributed by atoms with van der Waals surface area (Å²) in [7, 11) is 0. The molecule has 1 aromatic carbocycles. The van der Waals surface area contributed by atoms with Gasteiger partial charge in [0.2, 0.25) is 5.95 Å². The van der Waals surface area contributed by atoms with Gasteiger partial charge in [-0.05, 0) is 44.4 Å². The lowest BCUT2D eigenvalue weighted by Gasteiger charge is -2.22. The van der Waals surface area contributed by atoms with Gasteiger partial charge in [0.1, 0.15) is 0 Å². The summed E-state index contributed by atoms with van der Waals surface area (Å²) in [5.41, 5.74) is 10.8. The van der Waals surface area contributed by atoms with E-state index in [1.165, 1.54) is 12.8 Å². The average Bonchev–Trinajstić information content (AvgIpc) is 2.97. The molecule has 0 radical (unpaired) electrons. The van der Waals surface area contributed by atoms with Crippen LogP contribution in [0.4, 0.5) is 5.95 Å². The SMILES string of the molecule is Cc1cc(C)c2nc(-c3cnc(N)nc3)cc(C(=O)N3CCCCCC3)c2c1. The zero-order valence-electron chi connectivity index (χ0n) is 16.4. The van der Waals surface area contributed by atoms with Gasteiger partial charge in [-0.15, -0.1) is 0 Å². The van der Waals surface area contributed by atoms with Crippen molar-refractivity contribution < 1.29 is 4.79 Å². The molecule has 3 aromatic rings. The Morgan fingerprint density at radius 2 is 1.68 bits per heavy atom. The third-order valence-electron chi connectivity index (χ3n) is 5.34. The number of rotatable bonds is 2. The van der Waals surface area contributed by atoms with Crippen LogP contribution >= 0.6 is 0 Å². The highest BCUT2D eigenvalue weighted by atomic mass is 16.2. The van der Waals surface area contributed by atoms with E-state index in [2.05, 4.69) is 22.1 Å². The molecule has 2 N–H and O–H groups in total. The maximum atomic E-state index is 13.5. The topological polar surface area (TPSA) is 85.0 Å². The number of anilines is 1. The Morgan fingerprint density at radius 3 is 2.36 bits per heavy atom. The van der Waals surface area contributed by atoms with Gasteiger partial charge in [-0.2, -0.15) is 0 Å². The number of hydrogen-bond acceptors (Lipinski definition) is 5. The van der Waals surface area contributed by atoms with Gasteiger partial charge in [-0.1, -0.05) is 24.5 Å². The number of nitrogens with zero attached hydrogens (tertiary/aromatic N) is 4. The van der Waals surface area contributed by atoms with Crippen LogP contribution in [0.25, 0.3) is 22.2 Å². The first-order valence-electron chi connectivity index (χ1n) is 9.82. The summed E-state index contributed by atoms with van der Waals surface area (Å²) in [5.74, 6) is 0.300. The minimum Gasteiger partial charge on any atom is -0.368 e. The summed E-state index contributed by atoms with van der Waals surface area (Å²) in [6.07, 6.45) is 7.80. The summed E-state index contributed by atoms with van der Waals surface area (Å²) in [6, 6.07) is 6.03. The fraction of sp³-hybridized carbons (Fsp3) is 0.364. The molecule has 1 fully saturated rings. The van der Waals surface area contributed by atoms with Crippen molar-refractivity contribution in [1.82, 2.24) is 19.9 Å². The molecular weight excluding hydrogens is 350 g/mol. The number of aryl methyl sites for hydroxylation is 2. The molecule has 1 saturated heterocycles. The largest absolute Gasteiger partial charge is 0.368 e. The molecule has 1 aliphatic rings. The average molecular weight is 375 g/mol. The number of fused-ring (bicyclic) bond motifs is 1. The van der Waals surface area contributed by atoms with Crippen LogP contribution in [0, 0.1) is 13.8 Å². The molecule has 0 aliphatic carbocycles. The smallest absolute Gasteiger partial charge is 0.254 e. The second-order valence-electron chi connectivity index (χ2n) is 7.57.